The van der Waals surface area contributed by atoms with Crippen molar-refractivity contribution in [3.63, 3.8) is 0 Å². The third-order valence-corrected chi connectivity index (χ3v) is 0.828. The van der Waals surface area contributed by atoms with Crippen molar-refractivity contribution in [3.05, 3.63) is 25.1 Å². The Morgan fingerprint density at radius 3 is 2.60 bits per heavy atom. The summed E-state index contributed by atoms with van der Waals surface area (Å²) in [7, 11) is 0. The first-order valence-electron chi connectivity index (χ1n) is 2.72. The lowest BCUT2D eigenvalue weighted by molar-refractivity contribution is 0.329. The van der Waals surface area contributed by atoms with Crippen molar-refractivity contribution in [1.29, 1.82) is 0 Å². The van der Waals surface area contributed by atoms with Gasteiger partial charge in [-0.05, 0) is 6.92 Å². The Morgan fingerprint density at radius 2 is 2.10 bits per heavy atom. The predicted octanol–water partition coefficient (Wildman–Crippen LogP) is 0.829. The highest BCUT2D eigenvalue weighted by atomic mass is 19.1. The number of aromatic nitrogens is 2. The zero-order chi connectivity index (χ0) is 7.40. The van der Waals surface area contributed by atoms with Crippen molar-refractivity contribution in [1.82, 2.24) is 9.97 Å². The number of hydrogen-bond donors (Lipinski definition) is 0. The van der Waals surface area contributed by atoms with Crippen LogP contribution in [0.4, 0.5) is 4.39 Å². The number of ether oxygens (including phenoxy) is 1. The Morgan fingerprint density at radius 1 is 1.50 bits per heavy atom. The van der Waals surface area contributed by atoms with E-state index < -0.39 is 5.82 Å². The van der Waals surface area contributed by atoms with Gasteiger partial charge in [0, 0.05) is 0 Å². The summed E-state index contributed by atoms with van der Waals surface area (Å²) >= 11 is 0. The number of halogens is 1. The predicted molar refractivity (Wildman–Crippen MR) is 32.8 cm³/mol. The van der Waals surface area contributed by atoms with Crippen LogP contribution in [0.5, 0.6) is 6.01 Å². The average molecular weight is 141 g/mol. The van der Waals surface area contributed by atoms with Gasteiger partial charge < -0.3 is 4.74 Å². The molecule has 0 atom stereocenters. The smallest absolute Gasteiger partial charge is 0.316 e. The van der Waals surface area contributed by atoms with Gasteiger partial charge in [-0.2, -0.15) is 0 Å². The van der Waals surface area contributed by atoms with Crippen LogP contribution in [0, 0.1) is 12.7 Å². The van der Waals surface area contributed by atoms with Crippen molar-refractivity contribution in [3.8, 4) is 6.01 Å². The lowest BCUT2D eigenvalue weighted by atomic mass is 10.6. The topological polar surface area (TPSA) is 35.0 Å². The van der Waals surface area contributed by atoms with Crippen LogP contribution < -0.4 is 4.74 Å². The second-order valence-electron chi connectivity index (χ2n) is 1.53. The second kappa shape index (κ2) is 3.10. The van der Waals surface area contributed by atoms with Crippen LogP contribution in [0.25, 0.3) is 0 Å². The molecule has 0 bridgehead atoms. The molecular formula is C6H6FN2O. The van der Waals surface area contributed by atoms with Gasteiger partial charge in [-0.3, -0.25) is 0 Å². The average Bonchev–Trinajstić information content (AvgIpc) is 1.95. The highest BCUT2D eigenvalue weighted by Crippen LogP contribution is 1.99. The highest BCUT2D eigenvalue weighted by Gasteiger charge is 1.93. The number of nitrogens with zero attached hydrogens (tertiary/aromatic N) is 2. The largest absolute Gasteiger partial charge is 0.463 e. The van der Waals surface area contributed by atoms with Crippen LogP contribution in [0.1, 0.15) is 0 Å². The first kappa shape index (κ1) is 6.92. The summed E-state index contributed by atoms with van der Waals surface area (Å²) in [5.41, 5.74) is 0. The minimum atomic E-state index is -0.476. The van der Waals surface area contributed by atoms with E-state index >= 15 is 0 Å². The second-order valence-corrected chi connectivity index (χ2v) is 1.53. The van der Waals surface area contributed by atoms with Gasteiger partial charge in [0.05, 0.1) is 19.0 Å². The van der Waals surface area contributed by atoms with Crippen molar-refractivity contribution in [2.24, 2.45) is 0 Å². The zero-order valence-electron chi connectivity index (χ0n) is 5.25. The summed E-state index contributed by atoms with van der Waals surface area (Å²) < 4.78 is 16.9. The van der Waals surface area contributed by atoms with E-state index in [4.69, 9.17) is 4.74 Å². The Bertz CT molecular complexity index is 199. The van der Waals surface area contributed by atoms with E-state index in [1.165, 1.54) is 0 Å². The fourth-order valence-corrected chi connectivity index (χ4v) is 0.466. The van der Waals surface area contributed by atoms with Crippen LogP contribution in [0.3, 0.4) is 0 Å². The van der Waals surface area contributed by atoms with E-state index in [-0.39, 0.29) is 12.6 Å². The maximum absolute atomic E-state index is 12.1. The van der Waals surface area contributed by atoms with Crippen molar-refractivity contribution in [2.45, 2.75) is 0 Å². The number of hydrogen-bond acceptors (Lipinski definition) is 3. The molecule has 1 rings (SSSR count). The van der Waals surface area contributed by atoms with Gasteiger partial charge in [-0.1, -0.05) is 0 Å². The molecule has 0 N–H and O–H groups in total. The molecule has 1 radical (unpaired) electrons. The minimum absolute atomic E-state index is 0.149. The lowest BCUT2D eigenvalue weighted by Gasteiger charge is -1.96. The number of rotatable bonds is 2. The molecule has 0 aliphatic carbocycles. The summed E-state index contributed by atoms with van der Waals surface area (Å²) in [6, 6.07) is 0.149. The Balaban J connectivity index is 2.69. The molecule has 53 valence electrons. The van der Waals surface area contributed by atoms with Gasteiger partial charge in [-0.25, -0.2) is 14.4 Å². The molecule has 4 heteroatoms. The standard InChI is InChI=1S/C6H6FN2O/c1-2-10-6-8-3-5(7)4-9-6/h3-4H,1-2H2. The van der Waals surface area contributed by atoms with Crippen LogP contribution in [-0.2, 0) is 0 Å². The van der Waals surface area contributed by atoms with Crippen LogP contribution in [0.15, 0.2) is 12.4 Å². The molecule has 10 heavy (non-hydrogen) atoms. The fraction of sp³-hybridized carbons (Fsp3) is 0.167. The van der Waals surface area contributed by atoms with E-state index in [0.29, 0.717) is 0 Å². The molecule has 0 unspecified atom stereocenters. The zero-order valence-corrected chi connectivity index (χ0v) is 5.25. The molecule has 0 aromatic carbocycles. The van der Waals surface area contributed by atoms with E-state index in [0.717, 1.165) is 12.4 Å². The van der Waals surface area contributed by atoms with Gasteiger partial charge in [0.15, 0.2) is 5.82 Å². The molecule has 3 nitrogen and oxygen atoms in total. The van der Waals surface area contributed by atoms with E-state index in [1.54, 1.807) is 0 Å². The first-order chi connectivity index (χ1) is 4.83. The molecule has 0 saturated heterocycles. The lowest BCUT2D eigenvalue weighted by Crippen LogP contribution is -1.96. The molecule has 0 fully saturated rings. The van der Waals surface area contributed by atoms with Gasteiger partial charge in [0.1, 0.15) is 0 Å². The molecule has 0 saturated carbocycles. The molecule has 0 spiro atoms. The SMILES string of the molecule is [CH2]COc1ncc(F)cn1. The third-order valence-electron chi connectivity index (χ3n) is 0.828. The molecule has 0 aliphatic heterocycles. The summed E-state index contributed by atoms with van der Waals surface area (Å²) in [5.74, 6) is -0.476. The van der Waals surface area contributed by atoms with E-state index in [1.807, 2.05) is 0 Å². The molecule has 1 heterocycles. The summed E-state index contributed by atoms with van der Waals surface area (Å²) in [6.45, 7) is 3.65. The van der Waals surface area contributed by atoms with E-state index in [9.17, 15) is 4.39 Å². The van der Waals surface area contributed by atoms with Gasteiger partial charge in [0.2, 0.25) is 0 Å². The molecule has 0 amide bonds. The summed E-state index contributed by atoms with van der Waals surface area (Å²) in [6.07, 6.45) is 2.08. The monoisotopic (exact) mass is 141 g/mol. The highest BCUT2D eigenvalue weighted by molar-refractivity contribution is 4.95. The Labute approximate surface area is 57.9 Å². The van der Waals surface area contributed by atoms with Gasteiger partial charge >= 0.3 is 6.01 Å². The normalized spacial score (nSPS) is 9.40. The first-order valence-corrected chi connectivity index (χ1v) is 2.72. The van der Waals surface area contributed by atoms with E-state index in [2.05, 4.69) is 16.9 Å². The Hall–Kier alpha value is -1.19. The molecular weight excluding hydrogens is 135 g/mol. The quantitative estimate of drug-likeness (QED) is 0.611. The third kappa shape index (κ3) is 1.65. The maximum Gasteiger partial charge on any atom is 0.316 e. The van der Waals surface area contributed by atoms with Gasteiger partial charge in [-0.15, -0.1) is 0 Å². The molecule has 0 aliphatic rings. The minimum Gasteiger partial charge on any atom is -0.463 e. The van der Waals surface area contributed by atoms with Crippen molar-refractivity contribution >= 4 is 0 Å². The van der Waals surface area contributed by atoms with Gasteiger partial charge in [0.25, 0.3) is 0 Å². The van der Waals surface area contributed by atoms with Crippen LogP contribution >= 0.6 is 0 Å². The van der Waals surface area contributed by atoms with Crippen LogP contribution in [-0.4, -0.2) is 16.6 Å². The van der Waals surface area contributed by atoms with Crippen molar-refractivity contribution in [2.75, 3.05) is 6.61 Å². The molecule has 1 aromatic rings. The molecule has 1 aromatic heterocycles. The summed E-state index contributed by atoms with van der Waals surface area (Å²) in [4.78, 5) is 7.04. The Kier molecular flexibility index (Phi) is 2.15. The van der Waals surface area contributed by atoms with Crippen LogP contribution in [0.2, 0.25) is 0 Å². The fourth-order valence-electron chi connectivity index (χ4n) is 0.466. The summed E-state index contributed by atoms with van der Waals surface area (Å²) in [5, 5.41) is 0. The maximum atomic E-state index is 12.1. The van der Waals surface area contributed by atoms with Crippen molar-refractivity contribution < 1.29 is 9.13 Å².